The number of pyridine rings is 1. The standard InChI is InChI=1S/C15H21N3O2/c1-4-6-13-14(19)17-11(3)15(20)18(13)9-12-8-5-7-10(2)16-12/h5,7-8,11,13H,4,6,9H2,1-3H3,(H,17,19). The van der Waals surface area contributed by atoms with E-state index in [1.54, 1.807) is 11.8 Å². The van der Waals surface area contributed by atoms with Crippen LogP contribution in [0.2, 0.25) is 0 Å². The molecule has 0 aromatic carbocycles. The molecule has 1 aromatic rings. The van der Waals surface area contributed by atoms with Crippen molar-refractivity contribution in [2.45, 2.75) is 52.2 Å². The predicted molar refractivity (Wildman–Crippen MR) is 75.8 cm³/mol. The molecule has 2 unspecified atom stereocenters. The van der Waals surface area contributed by atoms with Crippen molar-refractivity contribution in [1.82, 2.24) is 15.2 Å². The summed E-state index contributed by atoms with van der Waals surface area (Å²) in [4.78, 5) is 30.5. The summed E-state index contributed by atoms with van der Waals surface area (Å²) >= 11 is 0. The maximum absolute atomic E-state index is 12.3. The fraction of sp³-hybridized carbons (Fsp3) is 0.533. The van der Waals surface area contributed by atoms with Crippen LogP contribution in [0.25, 0.3) is 0 Å². The first kappa shape index (κ1) is 14.5. The number of amides is 2. The molecule has 1 aliphatic heterocycles. The first-order valence-corrected chi connectivity index (χ1v) is 7.06. The maximum Gasteiger partial charge on any atom is 0.245 e. The van der Waals surface area contributed by atoms with Crippen LogP contribution in [0.15, 0.2) is 18.2 Å². The smallest absolute Gasteiger partial charge is 0.245 e. The molecule has 108 valence electrons. The van der Waals surface area contributed by atoms with E-state index in [0.29, 0.717) is 13.0 Å². The highest BCUT2D eigenvalue weighted by atomic mass is 16.2. The van der Waals surface area contributed by atoms with E-state index in [1.165, 1.54) is 0 Å². The van der Waals surface area contributed by atoms with Crippen molar-refractivity contribution < 1.29 is 9.59 Å². The molecule has 2 rings (SSSR count). The van der Waals surface area contributed by atoms with Crippen molar-refractivity contribution in [3.05, 3.63) is 29.6 Å². The molecular formula is C15H21N3O2. The minimum atomic E-state index is -0.458. The van der Waals surface area contributed by atoms with Crippen LogP contribution in [-0.2, 0) is 16.1 Å². The Kier molecular flexibility index (Phi) is 4.37. The molecule has 0 bridgehead atoms. The third-order valence-electron chi connectivity index (χ3n) is 3.53. The molecule has 2 heterocycles. The van der Waals surface area contributed by atoms with Crippen LogP contribution in [0, 0.1) is 6.92 Å². The maximum atomic E-state index is 12.3. The van der Waals surface area contributed by atoms with Gasteiger partial charge in [-0.2, -0.15) is 0 Å². The average Bonchev–Trinajstić information content (AvgIpc) is 2.40. The number of carbonyl (C=O) groups excluding carboxylic acids is 2. The molecule has 2 atom stereocenters. The van der Waals surface area contributed by atoms with E-state index in [9.17, 15) is 9.59 Å². The average molecular weight is 275 g/mol. The molecule has 0 saturated carbocycles. The molecule has 0 aliphatic carbocycles. The summed E-state index contributed by atoms with van der Waals surface area (Å²) in [6.45, 7) is 6.04. The van der Waals surface area contributed by atoms with Gasteiger partial charge in [0.2, 0.25) is 11.8 Å². The Labute approximate surface area is 119 Å². The zero-order valence-corrected chi connectivity index (χ0v) is 12.2. The molecule has 2 amide bonds. The van der Waals surface area contributed by atoms with E-state index in [-0.39, 0.29) is 17.9 Å². The molecule has 5 heteroatoms. The molecule has 0 spiro atoms. The van der Waals surface area contributed by atoms with E-state index < -0.39 is 6.04 Å². The first-order valence-electron chi connectivity index (χ1n) is 7.06. The highest BCUT2D eigenvalue weighted by Crippen LogP contribution is 2.17. The minimum absolute atomic E-state index is 0.0358. The third kappa shape index (κ3) is 2.98. The fourth-order valence-corrected chi connectivity index (χ4v) is 2.53. The predicted octanol–water partition coefficient (Wildman–Crippen LogP) is 1.41. The van der Waals surface area contributed by atoms with Gasteiger partial charge in [-0.25, -0.2) is 0 Å². The summed E-state index contributed by atoms with van der Waals surface area (Å²) in [5.74, 6) is -0.0991. The summed E-state index contributed by atoms with van der Waals surface area (Å²) in [6, 6.07) is 4.89. The van der Waals surface area contributed by atoms with Gasteiger partial charge < -0.3 is 10.2 Å². The Morgan fingerprint density at radius 2 is 2.10 bits per heavy atom. The van der Waals surface area contributed by atoms with Crippen molar-refractivity contribution in [3.8, 4) is 0 Å². The number of aryl methyl sites for hydroxylation is 1. The monoisotopic (exact) mass is 275 g/mol. The summed E-state index contributed by atoms with van der Waals surface area (Å²) in [5.41, 5.74) is 1.73. The summed E-state index contributed by atoms with van der Waals surface area (Å²) in [5, 5.41) is 2.74. The molecule has 5 nitrogen and oxygen atoms in total. The van der Waals surface area contributed by atoms with Crippen LogP contribution in [0.1, 0.15) is 38.1 Å². The van der Waals surface area contributed by atoms with Gasteiger partial charge in [-0.3, -0.25) is 14.6 Å². The van der Waals surface area contributed by atoms with E-state index in [0.717, 1.165) is 17.8 Å². The topological polar surface area (TPSA) is 62.3 Å². The van der Waals surface area contributed by atoms with E-state index >= 15 is 0 Å². The van der Waals surface area contributed by atoms with E-state index in [4.69, 9.17) is 0 Å². The lowest BCUT2D eigenvalue weighted by atomic mass is 10.0. The molecular weight excluding hydrogens is 254 g/mol. The Morgan fingerprint density at radius 1 is 1.35 bits per heavy atom. The molecule has 20 heavy (non-hydrogen) atoms. The Morgan fingerprint density at radius 3 is 2.75 bits per heavy atom. The molecule has 1 fully saturated rings. The van der Waals surface area contributed by atoms with Crippen LogP contribution in [0.3, 0.4) is 0 Å². The Bertz CT molecular complexity index is 516. The molecule has 1 saturated heterocycles. The van der Waals surface area contributed by atoms with Crippen molar-refractivity contribution in [1.29, 1.82) is 0 Å². The Balaban J connectivity index is 2.23. The van der Waals surface area contributed by atoms with E-state index in [1.807, 2.05) is 32.0 Å². The van der Waals surface area contributed by atoms with Gasteiger partial charge in [-0.15, -0.1) is 0 Å². The number of aromatic nitrogens is 1. The second-order valence-corrected chi connectivity index (χ2v) is 5.27. The van der Waals surface area contributed by atoms with Crippen molar-refractivity contribution in [3.63, 3.8) is 0 Å². The van der Waals surface area contributed by atoms with Gasteiger partial charge in [0.25, 0.3) is 0 Å². The number of carbonyl (C=O) groups is 2. The second kappa shape index (κ2) is 6.03. The Hall–Kier alpha value is -1.91. The lowest BCUT2D eigenvalue weighted by Crippen LogP contribution is -2.61. The fourth-order valence-electron chi connectivity index (χ4n) is 2.53. The lowest BCUT2D eigenvalue weighted by molar-refractivity contribution is -0.149. The summed E-state index contributed by atoms with van der Waals surface area (Å²) in [7, 11) is 0. The van der Waals surface area contributed by atoms with Crippen LogP contribution in [-0.4, -0.2) is 33.8 Å². The first-order chi connectivity index (χ1) is 9.52. The van der Waals surface area contributed by atoms with Gasteiger partial charge in [0.05, 0.1) is 12.2 Å². The van der Waals surface area contributed by atoms with Gasteiger partial charge in [0, 0.05) is 5.69 Å². The van der Waals surface area contributed by atoms with Crippen molar-refractivity contribution in [2.75, 3.05) is 0 Å². The van der Waals surface area contributed by atoms with Crippen molar-refractivity contribution >= 4 is 11.8 Å². The number of nitrogens with zero attached hydrogens (tertiary/aromatic N) is 2. The molecule has 1 aliphatic rings. The second-order valence-electron chi connectivity index (χ2n) is 5.27. The summed E-state index contributed by atoms with van der Waals surface area (Å²) in [6.07, 6.45) is 1.54. The normalized spacial score (nSPS) is 22.9. The largest absolute Gasteiger partial charge is 0.343 e. The third-order valence-corrected chi connectivity index (χ3v) is 3.53. The van der Waals surface area contributed by atoms with Gasteiger partial charge in [0.15, 0.2) is 0 Å². The van der Waals surface area contributed by atoms with E-state index in [2.05, 4.69) is 10.3 Å². The lowest BCUT2D eigenvalue weighted by Gasteiger charge is -2.37. The van der Waals surface area contributed by atoms with Gasteiger partial charge in [0.1, 0.15) is 12.1 Å². The summed E-state index contributed by atoms with van der Waals surface area (Å²) < 4.78 is 0. The zero-order valence-electron chi connectivity index (χ0n) is 12.2. The SMILES string of the molecule is CCCC1C(=O)NC(C)C(=O)N1Cc1cccc(C)n1. The highest BCUT2D eigenvalue weighted by Gasteiger charge is 2.37. The number of nitrogens with one attached hydrogen (secondary N) is 1. The number of piperazine rings is 1. The van der Waals surface area contributed by atoms with Crippen LogP contribution in [0.4, 0.5) is 0 Å². The quantitative estimate of drug-likeness (QED) is 0.903. The molecule has 0 radical (unpaired) electrons. The van der Waals surface area contributed by atoms with Gasteiger partial charge in [-0.1, -0.05) is 19.4 Å². The molecule has 1 N–H and O–H groups in total. The van der Waals surface area contributed by atoms with Crippen LogP contribution >= 0.6 is 0 Å². The number of hydrogen-bond acceptors (Lipinski definition) is 3. The number of hydrogen-bond donors (Lipinski definition) is 1. The minimum Gasteiger partial charge on any atom is -0.343 e. The zero-order chi connectivity index (χ0) is 14.7. The molecule has 1 aromatic heterocycles. The number of rotatable bonds is 4. The highest BCUT2D eigenvalue weighted by molar-refractivity contribution is 5.96. The van der Waals surface area contributed by atoms with Crippen LogP contribution in [0.5, 0.6) is 0 Å². The van der Waals surface area contributed by atoms with Gasteiger partial charge >= 0.3 is 0 Å². The van der Waals surface area contributed by atoms with Gasteiger partial charge in [-0.05, 0) is 32.4 Å². The van der Waals surface area contributed by atoms with Crippen LogP contribution < -0.4 is 5.32 Å². The van der Waals surface area contributed by atoms with Crippen molar-refractivity contribution in [2.24, 2.45) is 0 Å².